The van der Waals surface area contributed by atoms with Gasteiger partial charge >= 0.3 is 0 Å². The van der Waals surface area contributed by atoms with Gasteiger partial charge in [-0.15, -0.1) is 0 Å². The van der Waals surface area contributed by atoms with E-state index in [9.17, 15) is 17.9 Å². The predicted octanol–water partition coefficient (Wildman–Crippen LogP) is 1.12. The minimum atomic E-state index is -1.67. The Morgan fingerprint density at radius 2 is 1.92 bits per heavy atom. The Hall–Kier alpha value is 0.480. The Labute approximate surface area is 76.5 Å². The van der Waals surface area contributed by atoms with Crippen LogP contribution in [0.1, 0.15) is 13.3 Å². The van der Waals surface area contributed by atoms with Crippen molar-refractivity contribution in [1.29, 1.82) is 0 Å². The van der Waals surface area contributed by atoms with E-state index < -0.39 is 33.3 Å². The molecule has 0 fully saturated rings. The minimum Gasteiger partial charge on any atom is -0.571 e. The van der Waals surface area contributed by atoms with Crippen LogP contribution in [0.15, 0.2) is 0 Å². The molecule has 0 saturated heterocycles. The first kappa shape index (κ1) is 12.5. The number of halogens is 2. The van der Waals surface area contributed by atoms with Crippen LogP contribution in [-0.4, -0.2) is 33.5 Å². The SMILES string of the molecule is CC(F)C[S+]([O-])[S+]([O-])CCCF. The molecule has 0 radical (unpaired) electrons. The standard InChI is InChI=1S/C6H12F2O2S2/c1-6(8)5-12(10)11(9)4-2-3-7/h6H,2-5H2,1H3. The van der Waals surface area contributed by atoms with E-state index in [1.807, 2.05) is 0 Å². The lowest BCUT2D eigenvalue weighted by atomic mass is 10.5. The van der Waals surface area contributed by atoms with Crippen LogP contribution in [0.3, 0.4) is 0 Å². The fourth-order valence-corrected chi connectivity index (χ4v) is 3.52. The van der Waals surface area contributed by atoms with Gasteiger partial charge in [0.2, 0.25) is 0 Å². The van der Waals surface area contributed by atoms with Crippen molar-refractivity contribution in [3.63, 3.8) is 0 Å². The van der Waals surface area contributed by atoms with Crippen molar-refractivity contribution in [3.8, 4) is 0 Å². The maximum atomic E-state index is 12.2. The van der Waals surface area contributed by atoms with Crippen molar-refractivity contribution in [2.24, 2.45) is 0 Å². The molecule has 0 N–H and O–H groups in total. The average Bonchev–Trinajstić information content (AvgIpc) is 1.98. The van der Waals surface area contributed by atoms with Gasteiger partial charge < -0.3 is 9.11 Å². The van der Waals surface area contributed by atoms with E-state index in [4.69, 9.17) is 0 Å². The lowest BCUT2D eigenvalue weighted by molar-refractivity contribution is 0.392. The van der Waals surface area contributed by atoms with E-state index in [0.717, 1.165) is 0 Å². The lowest BCUT2D eigenvalue weighted by Crippen LogP contribution is -2.25. The van der Waals surface area contributed by atoms with Crippen molar-refractivity contribution in [3.05, 3.63) is 0 Å². The average molecular weight is 218 g/mol. The smallest absolute Gasteiger partial charge is 0.186 e. The van der Waals surface area contributed by atoms with Crippen LogP contribution < -0.4 is 0 Å². The van der Waals surface area contributed by atoms with E-state index in [0.29, 0.717) is 0 Å². The largest absolute Gasteiger partial charge is 0.571 e. The van der Waals surface area contributed by atoms with E-state index in [1.54, 1.807) is 0 Å². The van der Waals surface area contributed by atoms with Crippen molar-refractivity contribution in [2.45, 2.75) is 19.5 Å². The molecular weight excluding hydrogens is 206 g/mol. The Kier molecular flexibility index (Phi) is 7.22. The fourth-order valence-electron chi connectivity index (χ4n) is 0.529. The molecule has 3 atom stereocenters. The number of alkyl halides is 2. The summed E-state index contributed by atoms with van der Waals surface area (Å²) < 4.78 is 45.6. The third-order valence-electron chi connectivity index (χ3n) is 1.02. The second-order valence-corrected chi connectivity index (χ2v) is 6.49. The summed E-state index contributed by atoms with van der Waals surface area (Å²) in [6.07, 6.45) is -1.10. The molecule has 12 heavy (non-hydrogen) atoms. The molecule has 0 spiro atoms. The van der Waals surface area contributed by atoms with E-state index in [-0.39, 0.29) is 17.9 Å². The molecular formula is C6H12F2O2S2. The molecule has 6 heteroatoms. The molecule has 74 valence electrons. The molecule has 0 bridgehead atoms. The van der Waals surface area contributed by atoms with Gasteiger partial charge in [-0.1, -0.05) is 0 Å². The summed E-state index contributed by atoms with van der Waals surface area (Å²) >= 11 is 0. The summed E-state index contributed by atoms with van der Waals surface area (Å²) in [5.74, 6) is -0.172. The van der Waals surface area contributed by atoms with Crippen molar-refractivity contribution in [2.75, 3.05) is 18.2 Å². The van der Waals surface area contributed by atoms with E-state index in [1.165, 1.54) is 6.92 Å². The molecule has 0 aromatic heterocycles. The van der Waals surface area contributed by atoms with Gasteiger partial charge in [0.1, 0.15) is 6.17 Å². The predicted molar refractivity (Wildman–Crippen MR) is 47.2 cm³/mol. The van der Waals surface area contributed by atoms with Gasteiger partial charge in [0.05, 0.1) is 6.67 Å². The maximum absolute atomic E-state index is 12.2. The molecule has 0 amide bonds. The highest BCUT2D eigenvalue weighted by Gasteiger charge is 2.26. The van der Waals surface area contributed by atoms with Gasteiger partial charge in [-0.05, 0) is 6.92 Å². The van der Waals surface area contributed by atoms with Crippen molar-refractivity contribution >= 4 is 20.4 Å². The van der Waals surface area contributed by atoms with Crippen molar-refractivity contribution in [1.82, 2.24) is 0 Å². The van der Waals surface area contributed by atoms with Gasteiger partial charge in [-0.25, -0.2) is 4.39 Å². The van der Waals surface area contributed by atoms with Gasteiger partial charge in [0.15, 0.2) is 31.9 Å². The highest BCUT2D eigenvalue weighted by Crippen LogP contribution is 2.09. The first-order valence-corrected chi connectivity index (χ1v) is 6.70. The fraction of sp³-hybridized carbons (Fsp3) is 1.00. The molecule has 0 aliphatic heterocycles. The van der Waals surface area contributed by atoms with Crippen LogP contribution in [0.5, 0.6) is 0 Å². The van der Waals surface area contributed by atoms with Crippen LogP contribution in [0, 0.1) is 0 Å². The third-order valence-corrected chi connectivity index (χ3v) is 4.94. The van der Waals surface area contributed by atoms with Gasteiger partial charge in [-0.3, -0.25) is 4.39 Å². The maximum Gasteiger partial charge on any atom is 0.186 e. The number of rotatable bonds is 6. The highest BCUT2D eigenvalue weighted by molar-refractivity contribution is 8.67. The number of hydrogen-bond acceptors (Lipinski definition) is 2. The molecule has 0 rings (SSSR count). The van der Waals surface area contributed by atoms with Gasteiger partial charge in [0, 0.05) is 6.42 Å². The third kappa shape index (κ3) is 6.05. The topological polar surface area (TPSA) is 46.1 Å². The Morgan fingerprint density at radius 3 is 2.33 bits per heavy atom. The summed E-state index contributed by atoms with van der Waals surface area (Å²) in [7, 11) is -3.26. The second kappa shape index (κ2) is 6.94. The first-order chi connectivity index (χ1) is 5.57. The first-order valence-electron chi connectivity index (χ1n) is 3.55. The summed E-state index contributed by atoms with van der Waals surface area (Å²) in [5.41, 5.74) is 0. The summed E-state index contributed by atoms with van der Waals surface area (Å²) in [6, 6.07) is 0. The highest BCUT2D eigenvalue weighted by atomic mass is 33.2. The minimum absolute atomic E-state index is 0.0514. The molecule has 0 aliphatic rings. The van der Waals surface area contributed by atoms with Crippen LogP contribution >= 0.6 is 0 Å². The quantitative estimate of drug-likeness (QED) is 0.495. The van der Waals surface area contributed by atoms with Gasteiger partial charge in [-0.2, -0.15) is 0 Å². The molecule has 0 heterocycles. The Bertz CT molecular complexity index is 116. The van der Waals surface area contributed by atoms with Crippen LogP contribution in [0.4, 0.5) is 8.78 Å². The molecule has 0 aromatic carbocycles. The molecule has 2 nitrogen and oxygen atoms in total. The molecule has 0 aromatic rings. The second-order valence-electron chi connectivity index (χ2n) is 2.30. The number of hydrogen-bond donors (Lipinski definition) is 0. The summed E-state index contributed by atoms with van der Waals surface area (Å²) in [6.45, 7) is 0.679. The van der Waals surface area contributed by atoms with Crippen LogP contribution in [-0.2, 0) is 20.4 Å². The summed E-state index contributed by atoms with van der Waals surface area (Å²) in [4.78, 5) is 0. The van der Waals surface area contributed by atoms with Crippen molar-refractivity contribution < 1.29 is 17.9 Å². The Balaban J connectivity index is 3.53. The molecule has 0 aliphatic carbocycles. The zero-order valence-electron chi connectivity index (χ0n) is 6.79. The van der Waals surface area contributed by atoms with Gasteiger partial charge in [0.25, 0.3) is 0 Å². The zero-order chi connectivity index (χ0) is 9.56. The van der Waals surface area contributed by atoms with Crippen LogP contribution in [0.2, 0.25) is 0 Å². The lowest BCUT2D eigenvalue weighted by Gasteiger charge is -2.12. The summed E-state index contributed by atoms with van der Waals surface area (Å²) in [5, 5.41) is 0. The zero-order valence-corrected chi connectivity index (χ0v) is 8.43. The van der Waals surface area contributed by atoms with E-state index >= 15 is 0 Å². The molecule has 3 unspecified atom stereocenters. The van der Waals surface area contributed by atoms with E-state index in [2.05, 4.69) is 0 Å². The molecule has 0 saturated carbocycles. The Morgan fingerprint density at radius 1 is 1.33 bits per heavy atom. The monoisotopic (exact) mass is 218 g/mol. The normalized spacial score (nSPS) is 18.8. The van der Waals surface area contributed by atoms with Crippen LogP contribution in [0.25, 0.3) is 0 Å².